The van der Waals surface area contributed by atoms with Crippen molar-refractivity contribution in [3.8, 4) is 5.75 Å². The summed E-state index contributed by atoms with van der Waals surface area (Å²) >= 11 is 0. The van der Waals surface area contributed by atoms with Crippen molar-refractivity contribution in [3.05, 3.63) is 77.9 Å². The van der Waals surface area contributed by atoms with Crippen LogP contribution in [-0.4, -0.2) is 49.2 Å². The topological polar surface area (TPSA) is 106 Å². The molecule has 5 rings (SSSR count). The Morgan fingerprint density at radius 2 is 2.08 bits per heavy atom. The summed E-state index contributed by atoms with van der Waals surface area (Å²) in [6, 6.07) is 13.8. The fraction of sp³-hybridized carbons (Fsp3) is 0.345. The van der Waals surface area contributed by atoms with E-state index in [-0.39, 0.29) is 24.2 Å². The molecule has 37 heavy (non-hydrogen) atoms. The van der Waals surface area contributed by atoms with Gasteiger partial charge in [0.15, 0.2) is 5.76 Å². The number of methoxy groups -OCH3 is 1. The highest BCUT2D eigenvalue weighted by Crippen LogP contribution is 2.36. The quantitative estimate of drug-likeness (QED) is 0.254. The standard InChI is InChI=1S/C29H32N2O6/c1-34-21-8-9-25-23(16-21)19(17-31-25)10-11-30-29(33)27-14-20(15-28(37-27)35-13-5-4-12-32)24-18-36-26-7-3-2-6-22(24)26/h2-3,6-9,14,16-18,20,28,31-32H,4-5,10-13,15H2,1H3,(H,30,33). The second kappa shape index (κ2) is 11.5. The maximum absolute atomic E-state index is 13.1. The van der Waals surface area contributed by atoms with Crippen molar-refractivity contribution in [3.63, 3.8) is 0 Å². The third-order valence-corrected chi connectivity index (χ3v) is 6.70. The van der Waals surface area contributed by atoms with E-state index in [1.165, 1.54) is 0 Å². The van der Waals surface area contributed by atoms with E-state index in [0.717, 1.165) is 45.2 Å². The van der Waals surface area contributed by atoms with Crippen LogP contribution in [0.25, 0.3) is 21.9 Å². The van der Waals surface area contributed by atoms with Gasteiger partial charge in [0.05, 0.1) is 20.0 Å². The van der Waals surface area contributed by atoms with Crippen molar-refractivity contribution in [2.24, 2.45) is 0 Å². The number of H-pyrrole nitrogens is 1. The van der Waals surface area contributed by atoms with Crippen LogP contribution in [-0.2, 0) is 20.7 Å². The molecule has 0 bridgehead atoms. The number of hydrogen-bond donors (Lipinski definition) is 3. The molecule has 2 unspecified atom stereocenters. The summed E-state index contributed by atoms with van der Waals surface area (Å²) in [4.78, 5) is 16.4. The van der Waals surface area contributed by atoms with Gasteiger partial charge in [-0.1, -0.05) is 18.2 Å². The molecule has 4 aromatic rings. The molecule has 194 valence electrons. The normalized spacial score (nSPS) is 17.5. The van der Waals surface area contributed by atoms with E-state index < -0.39 is 6.29 Å². The van der Waals surface area contributed by atoms with Gasteiger partial charge >= 0.3 is 0 Å². The van der Waals surface area contributed by atoms with Gasteiger partial charge in [-0.05, 0) is 55.2 Å². The summed E-state index contributed by atoms with van der Waals surface area (Å²) in [6.45, 7) is 1.02. The summed E-state index contributed by atoms with van der Waals surface area (Å²) in [5, 5.41) is 14.1. The molecule has 8 nitrogen and oxygen atoms in total. The zero-order valence-corrected chi connectivity index (χ0v) is 20.9. The number of aliphatic hydroxyl groups is 1. The number of rotatable bonds is 11. The minimum absolute atomic E-state index is 0.0953. The fourth-order valence-electron chi connectivity index (χ4n) is 4.74. The van der Waals surface area contributed by atoms with Gasteiger partial charge in [0.25, 0.3) is 5.91 Å². The lowest BCUT2D eigenvalue weighted by atomic mass is 9.92. The minimum Gasteiger partial charge on any atom is -0.497 e. The van der Waals surface area contributed by atoms with Gasteiger partial charge in [0.1, 0.15) is 11.3 Å². The molecule has 0 aliphatic carbocycles. The highest BCUT2D eigenvalue weighted by Gasteiger charge is 2.30. The predicted octanol–water partition coefficient (Wildman–Crippen LogP) is 4.78. The zero-order chi connectivity index (χ0) is 25.6. The molecule has 2 aromatic carbocycles. The first-order valence-electron chi connectivity index (χ1n) is 12.7. The predicted molar refractivity (Wildman–Crippen MR) is 140 cm³/mol. The van der Waals surface area contributed by atoms with Crippen molar-refractivity contribution in [1.29, 1.82) is 0 Å². The third-order valence-electron chi connectivity index (χ3n) is 6.70. The molecule has 8 heteroatoms. The van der Waals surface area contributed by atoms with E-state index in [0.29, 0.717) is 32.4 Å². The highest BCUT2D eigenvalue weighted by atomic mass is 16.7. The Kier molecular flexibility index (Phi) is 7.77. The van der Waals surface area contributed by atoms with E-state index in [1.807, 2.05) is 54.7 Å². The van der Waals surface area contributed by atoms with Crippen LogP contribution >= 0.6 is 0 Å². The Hall–Kier alpha value is -3.75. The number of aromatic amines is 1. The van der Waals surface area contributed by atoms with Gasteiger partial charge in [-0.15, -0.1) is 0 Å². The Balaban J connectivity index is 1.29. The summed E-state index contributed by atoms with van der Waals surface area (Å²) in [6.07, 6.45) is 7.60. The Morgan fingerprint density at radius 3 is 2.95 bits per heavy atom. The van der Waals surface area contributed by atoms with Gasteiger partial charge in [0.2, 0.25) is 6.29 Å². The molecule has 0 saturated carbocycles. The number of aromatic nitrogens is 1. The number of fused-ring (bicyclic) bond motifs is 2. The number of ether oxygens (including phenoxy) is 3. The number of nitrogens with one attached hydrogen (secondary N) is 2. The molecular weight excluding hydrogens is 472 g/mol. The number of carbonyl (C=O) groups excluding carboxylic acids is 1. The number of para-hydroxylation sites is 1. The minimum atomic E-state index is -0.566. The second-order valence-corrected chi connectivity index (χ2v) is 9.14. The van der Waals surface area contributed by atoms with Crippen molar-refractivity contribution in [2.45, 2.75) is 37.9 Å². The molecule has 3 heterocycles. The van der Waals surface area contributed by atoms with Gasteiger partial charge in [-0.2, -0.15) is 0 Å². The summed E-state index contributed by atoms with van der Waals surface area (Å²) in [5.74, 6) is 0.663. The number of furan rings is 1. The largest absolute Gasteiger partial charge is 0.497 e. The van der Waals surface area contributed by atoms with Gasteiger partial charge in [-0.25, -0.2) is 0 Å². The van der Waals surface area contributed by atoms with E-state index in [9.17, 15) is 4.79 Å². The maximum atomic E-state index is 13.1. The van der Waals surface area contributed by atoms with E-state index in [4.69, 9.17) is 23.7 Å². The SMILES string of the molecule is COc1ccc2[nH]cc(CCNC(=O)C3=CC(c4coc5ccccc45)CC(OCCCCO)O3)c2c1. The number of hydrogen-bond acceptors (Lipinski definition) is 6. The van der Waals surface area contributed by atoms with Crippen LogP contribution in [0.1, 0.15) is 36.3 Å². The lowest BCUT2D eigenvalue weighted by Crippen LogP contribution is -2.34. The Bertz CT molecular complexity index is 1390. The first kappa shape index (κ1) is 24.9. The van der Waals surface area contributed by atoms with Crippen LogP contribution in [0, 0.1) is 0 Å². The van der Waals surface area contributed by atoms with Crippen LogP contribution in [0.2, 0.25) is 0 Å². The molecule has 1 aliphatic rings. The van der Waals surface area contributed by atoms with Crippen molar-refractivity contribution in [2.75, 3.05) is 26.9 Å². The Morgan fingerprint density at radius 1 is 1.19 bits per heavy atom. The molecule has 0 saturated heterocycles. The molecular formula is C29H32N2O6. The number of benzene rings is 2. The monoisotopic (exact) mass is 504 g/mol. The number of carbonyl (C=O) groups is 1. The van der Waals surface area contributed by atoms with E-state index in [1.54, 1.807) is 13.4 Å². The number of unbranched alkanes of at least 4 members (excludes halogenated alkanes) is 1. The first-order chi connectivity index (χ1) is 18.2. The van der Waals surface area contributed by atoms with E-state index >= 15 is 0 Å². The van der Waals surface area contributed by atoms with Crippen LogP contribution in [0.15, 0.2) is 71.2 Å². The molecule has 1 amide bonds. The van der Waals surface area contributed by atoms with Crippen molar-refractivity contribution in [1.82, 2.24) is 10.3 Å². The molecule has 0 spiro atoms. The molecule has 2 atom stereocenters. The molecule has 3 N–H and O–H groups in total. The van der Waals surface area contributed by atoms with Gasteiger partial charge in [-0.3, -0.25) is 4.79 Å². The molecule has 0 fully saturated rings. The van der Waals surface area contributed by atoms with E-state index in [2.05, 4.69) is 10.3 Å². The highest BCUT2D eigenvalue weighted by molar-refractivity contribution is 5.92. The molecule has 0 radical (unpaired) electrons. The zero-order valence-electron chi connectivity index (χ0n) is 20.9. The summed E-state index contributed by atoms with van der Waals surface area (Å²) in [5.41, 5.74) is 3.93. The lowest BCUT2D eigenvalue weighted by molar-refractivity contribution is -0.146. The first-order valence-corrected chi connectivity index (χ1v) is 12.7. The molecule has 1 aliphatic heterocycles. The van der Waals surface area contributed by atoms with Crippen LogP contribution in [0.3, 0.4) is 0 Å². The second-order valence-electron chi connectivity index (χ2n) is 9.14. The maximum Gasteiger partial charge on any atom is 0.286 e. The summed E-state index contributed by atoms with van der Waals surface area (Å²) in [7, 11) is 1.65. The average molecular weight is 505 g/mol. The van der Waals surface area contributed by atoms with Crippen molar-refractivity contribution >= 4 is 27.8 Å². The van der Waals surface area contributed by atoms with Gasteiger partial charge < -0.3 is 34.0 Å². The van der Waals surface area contributed by atoms with Crippen LogP contribution in [0.4, 0.5) is 0 Å². The number of allylic oxidation sites excluding steroid dienone is 1. The Labute approximate surface area is 215 Å². The number of aliphatic hydroxyl groups excluding tert-OH is 1. The fourth-order valence-corrected chi connectivity index (χ4v) is 4.74. The van der Waals surface area contributed by atoms with Crippen LogP contribution < -0.4 is 10.1 Å². The van der Waals surface area contributed by atoms with Crippen LogP contribution in [0.5, 0.6) is 5.75 Å². The third kappa shape index (κ3) is 5.65. The number of amides is 1. The van der Waals surface area contributed by atoms with Gasteiger partial charge in [0, 0.05) is 53.5 Å². The lowest BCUT2D eigenvalue weighted by Gasteiger charge is -2.29. The van der Waals surface area contributed by atoms with Crippen molar-refractivity contribution < 1.29 is 28.5 Å². The smallest absolute Gasteiger partial charge is 0.286 e. The molecule has 2 aromatic heterocycles. The summed E-state index contributed by atoms with van der Waals surface area (Å²) < 4.78 is 23.0. The average Bonchev–Trinajstić information content (AvgIpc) is 3.55.